The van der Waals surface area contributed by atoms with Crippen LogP contribution in [-0.4, -0.2) is 34.6 Å². The number of carboxylic acids is 1. The number of hydrogen-bond donors (Lipinski definition) is 3. The highest BCUT2D eigenvalue weighted by molar-refractivity contribution is 5.94. The number of hydrogen-bond acceptors (Lipinski definition) is 5. The number of aromatic nitrogens is 1. The number of para-hydroxylation sites is 1. The first kappa shape index (κ1) is 22.9. The number of carbonyl (C=O) groups excluding carboxylic acids is 1. The van der Waals surface area contributed by atoms with Crippen LogP contribution in [0.4, 0.5) is 0 Å². The summed E-state index contributed by atoms with van der Waals surface area (Å²) in [5.74, 6) is -1.41. The van der Waals surface area contributed by atoms with E-state index in [-0.39, 0.29) is 6.42 Å². The minimum Gasteiger partial charge on any atom is -0.484 e. The van der Waals surface area contributed by atoms with Crippen LogP contribution < -0.4 is 15.7 Å². The number of amides is 1. The number of rotatable bonds is 8. The maximum Gasteiger partial charge on any atom is 0.336 e. The van der Waals surface area contributed by atoms with Crippen molar-refractivity contribution >= 4 is 33.7 Å². The lowest BCUT2D eigenvalue weighted by atomic mass is 10.0. The Kier molecular flexibility index (Phi) is 6.23. The van der Waals surface area contributed by atoms with Gasteiger partial charge in [0.25, 0.3) is 5.91 Å². The molecule has 1 amide bonds. The molecule has 0 bridgehead atoms. The van der Waals surface area contributed by atoms with E-state index in [9.17, 15) is 19.5 Å². The molecule has 5 aromatic rings. The molecule has 36 heavy (non-hydrogen) atoms. The van der Waals surface area contributed by atoms with Crippen molar-refractivity contribution in [1.29, 1.82) is 0 Å². The Morgan fingerprint density at radius 1 is 0.972 bits per heavy atom. The molecule has 2 aromatic heterocycles. The second-order valence-corrected chi connectivity index (χ2v) is 8.31. The third-order valence-electron chi connectivity index (χ3n) is 5.90. The normalized spacial score (nSPS) is 11.9. The summed E-state index contributed by atoms with van der Waals surface area (Å²) in [6.45, 7) is -0.397. The van der Waals surface area contributed by atoms with Gasteiger partial charge < -0.3 is 24.6 Å². The monoisotopic (exact) mass is 482 g/mol. The first-order chi connectivity index (χ1) is 17.5. The van der Waals surface area contributed by atoms with Crippen molar-refractivity contribution in [3.05, 3.63) is 101 Å². The summed E-state index contributed by atoms with van der Waals surface area (Å²) in [7, 11) is 0. The van der Waals surface area contributed by atoms with E-state index >= 15 is 0 Å². The average Bonchev–Trinajstić information content (AvgIpc) is 3.29. The minimum atomic E-state index is -1.14. The Morgan fingerprint density at radius 2 is 1.75 bits per heavy atom. The molecular weight excluding hydrogens is 460 g/mol. The highest BCUT2D eigenvalue weighted by Gasteiger charge is 2.22. The molecule has 0 fully saturated rings. The first-order valence-electron chi connectivity index (χ1n) is 11.3. The Hall–Kier alpha value is -4.85. The number of nitrogens with one attached hydrogen (secondary N) is 2. The predicted octanol–water partition coefficient (Wildman–Crippen LogP) is 4.13. The van der Waals surface area contributed by atoms with Crippen molar-refractivity contribution in [3.63, 3.8) is 0 Å². The van der Waals surface area contributed by atoms with Crippen LogP contribution in [0.15, 0.2) is 94.3 Å². The van der Waals surface area contributed by atoms with E-state index < -0.39 is 30.2 Å². The maximum absolute atomic E-state index is 12.5. The number of carbonyl (C=O) groups is 2. The molecule has 0 aliphatic carbocycles. The second kappa shape index (κ2) is 9.79. The van der Waals surface area contributed by atoms with E-state index in [4.69, 9.17) is 9.15 Å². The van der Waals surface area contributed by atoms with Gasteiger partial charge in [0.05, 0.1) is 0 Å². The molecule has 8 heteroatoms. The van der Waals surface area contributed by atoms with Crippen LogP contribution in [0.3, 0.4) is 0 Å². The minimum absolute atomic E-state index is 0.120. The van der Waals surface area contributed by atoms with Gasteiger partial charge in [-0.15, -0.1) is 0 Å². The number of aromatic amines is 1. The van der Waals surface area contributed by atoms with Crippen LogP contribution >= 0.6 is 0 Å². The van der Waals surface area contributed by atoms with Crippen molar-refractivity contribution in [3.8, 4) is 16.9 Å². The molecule has 0 aliphatic rings. The molecule has 1 atom stereocenters. The van der Waals surface area contributed by atoms with E-state index in [2.05, 4.69) is 10.3 Å². The van der Waals surface area contributed by atoms with Gasteiger partial charge in [-0.25, -0.2) is 9.59 Å². The number of fused-ring (bicyclic) bond motifs is 2. The summed E-state index contributed by atoms with van der Waals surface area (Å²) in [6, 6.07) is 22.3. The van der Waals surface area contributed by atoms with Gasteiger partial charge in [-0.2, -0.15) is 0 Å². The molecule has 0 saturated carbocycles. The SMILES string of the molecule is O=C(COc1ccc2c(-c3ccccc3)cc(=O)oc2c1)N[C@H](Cc1c[nH]c2ccccc12)C(=O)O. The molecule has 0 unspecified atom stereocenters. The fraction of sp³-hybridized carbons (Fsp3) is 0.107. The molecule has 0 aliphatic heterocycles. The van der Waals surface area contributed by atoms with Gasteiger partial charge in [0.1, 0.15) is 17.4 Å². The maximum atomic E-state index is 12.5. The molecule has 0 radical (unpaired) electrons. The van der Waals surface area contributed by atoms with E-state index in [0.29, 0.717) is 11.3 Å². The van der Waals surface area contributed by atoms with Crippen molar-refractivity contribution in [2.24, 2.45) is 0 Å². The largest absolute Gasteiger partial charge is 0.484 e. The van der Waals surface area contributed by atoms with Crippen LogP contribution in [0.1, 0.15) is 5.56 Å². The molecule has 3 aromatic carbocycles. The Balaban J connectivity index is 1.28. The van der Waals surface area contributed by atoms with Crippen molar-refractivity contribution < 1.29 is 23.8 Å². The predicted molar refractivity (Wildman–Crippen MR) is 135 cm³/mol. The summed E-state index contributed by atoms with van der Waals surface area (Å²) in [5.41, 5.74) is 3.11. The molecule has 5 rings (SSSR count). The van der Waals surface area contributed by atoms with Gasteiger partial charge in [-0.05, 0) is 34.9 Å². The van der Waals surface area contributed by atoms with Crippen molar-refractivity contribution in [2.45, 2.75) is 12.5 Å². The topological polar surface area (TPSA) is 122 Å². The number of carboxylic acid groups (broad SMARTS) is 1. The zero-order valence-corrected chi connectivity index (χ0v) is 19.1. The molecule has 3 N–H and O–H groups in total. The van der Waals surface area contributed by atoms with Gasteiger partial charge >= 0.3 is 11.6 Å². The number of ether oxygens (including phenoxy) is 1. The smallest absolute Gasteiger partial charge is 0.336 e. The zero-order chi connectivity index (χ0) is 25.1. The Labute approximate surface area is 205 Å². The third-order valence-corrected chi connectivity index (χ3v) is 5.90. The molecular formula is C28H22N2O6. The van der Waals surface area contributed by atoms with E-state index in [1.54, 1.807) is 18.3 Å². The lowest BCUT2D eigenvalue weighted by Gasteiger charge is -2.15. The molecule has 0 spiro atoms. The third kappa shape index (κ3) is 4.83. The summed E-state index contributed by atoms with van der Waals surface area (Å²) in [6.07, 6.45) is 1.87. The standard InChI is InChI=1S/C28H22N2O6/c31-26(30-24(28(33)34)12-18-15-29-23-9-5-4-8-20(18)23)16-35-19-10-11-21-22(17-6-2-1-3-7-17)14-27(32)36-25(21)13-19/h1-11,13-15,24,29H,12,16H2,(H,30,31)(H,33,34)/t24-/m1/s1. The first-order valence-corrected chi connectivity index (χ1v) is 11.3. The van der Waals surface area contributed by atoms with Crippen LogP contribution in [0.25, 0.3) is 33.0 Å². The summed E-state index contributed by atoms with van der Waals surface area (Å²) in [5, 5.41) is 13.8. The van der Waals surface area contributed by atoms with Crippen LogP contribution in [0, 0.1) is 0 Å². The molecule has 180 valence electrons. The van der Waals surface area contributed by atoms with E-state index in [1.807, 2.05) is 54.6 Å². The quantitative estimate of drug-likeness (QED) is 0.286. The fourth-order valence-electron chi connectivity index (χ4n) is 4.19. The Morgan fingerprint density at radius 3 is 2.56 bits per heavy atom. The van der Waals surface area contributed by atoms with Crippen LogP contribution in [-0.2, 0) is 16.0 Å². The molecule has 0 saturated heterocycles. The number of benzene rings is 3. The number of aliphatic carboxylic acids is 1. The highest BCUT2D eigenvalue weighted by atomic mass is 16.5. The summed E-state index contributed by atoms with van der Waals surface area (Å²) in [4.78, 5) is 39.5. The summed E-state index contributed by atoms with van der Waals surface area (Å²) < 4.78 is 10.9. The molecule has 8 nitrogen and oxygen atoms in total. The zero-order valence-electron chi connectivity index (χ0n) is 19.1. The van der Waals surface area contributed by atoms with Gasteiger partial charge in [0.15, 0.2) is 6.61 Å². The highest BCUT2D eigenvalue weighted by Crippen LogP contribution is 2.29. The van der Waals surface area contributed by atoms with Crippen molar-refractivity contribution in [1.82, 2.24) is 10.3 Å². The van der Waals surface area contributed by atoms with Crippen molar-refractivity contribution in [2.75, 3.05) is 6.61 Å². The number of H-pyrrole nitrogens is 1. The fourth-order valence-corrected chi connectivity index (χ4v) is 4.19. The Bertz CT molecular complexity index is 1620. The lowest BCUT2D eigenvalue weighted by molar-refractivity contribution is -0.142. The van der Waals surface area contributed by atoms with Gasteiger partial charge in [0.2, 0.25) is 0 Å². The second-order valence-electron chi connectivity index (χ2n) is 8.31. The summed E-state index contributed by atoms with van der Waals surface area (Å²) >= 11 is 0. The lowest BCUT2D eigenvalue weighted by Crippen LogP contribution is -2.44. The van der Waals surface area contributed by atoms with E-state index in [0.717, 1.165) is 33.0 Å². The van der Waals surface area contributed by atoms with Gasteiger partial charge in [-0.1, -0.05) is 48.5 Å². The molecule has 2 heterocycles. The average molecular weight is 482 g/mol. The van der Waals surface area contributed by atoms with Gasteiger partial charge in [-0.3, -0.25) is 4.79 Å². The van der Waals surface area contributed by atoms with Crippen LogP contribution in [0.5, 0.6) is 5.75 Å². The van der Waals surface area contributed by atoms with Gasteiger partial charge in [0, 0.05) is 41.0 Å². The van der Waals surface area contributed by atoms with Crippen LogP contribution in [0.2, 0.25) is 0 Å². The van der Waals surface area contributed by atoms with E-state index in [1.165, 1.54) is 12.1 Å².